The van der Waals surface area contributed by atoms with Gasteiger partial charge in [0, 0.05) is 37.1 Å². The van der Waals surface area contributed by atoms with Crippen molar-refractivity contribution in [3.8, 4) is 5.75 Å². The summed E-state index contributed by atoms with van der Waals surface area (Å²) in [6, 6.07) is 13.3. The Morgan fingerprint density at radius 2 is 1.95 bits per heavy atom. The first kappa shape index (κ1) is 28.0. The van der Waals surface area contributed by atoms with Crippen LogP contribution < -0.4 is 15.4 Å². The summed E-state index contributed by atoms with van der Waals surface area (Å²) in [7, 11) is 0. The topological polar surface area (TPSA) is 118 Å². The number of nitrogens with one attached hydrogen (secondary N) is 3. The number of carboxylic acid groups (broad SMARTS) is 1. The molecule has 198 valence electrons. The molecule has 37 heavy (non-hydrogen) atoms. The van der Waals surface area contributed by atoms with Gasteiger partial charge in [-0.15, -0.1) is 0 Å². The number of hydrogen-bond acceptors (Lipinski definition) is 6. The zero-order valence-corrected chi connectivity index (χ0v) is 21.5. The first-order valence-corrected chi connectivity index (χ1v) is 12.5. The van der Waals surface area contributed by atoms with Gasteiger partial charge in [-0.05, 0) is 42.8 Å². The highest BCUT2D eigenvalue weighted by Crippen LogP contribution is 2.24. The lowest BCUT2D eigenvalue weighted by atomic mass is 10.1. The fourth-order valence-electron chi connectivity index (χ4n) is 3.98. The lowest BCUT2D eigenvalue weighted by Gasteiger charge is -2.39. The maximum atomic E-state index is 14.9. The van der Waals surface area contributed by atoms with E-state index in [1.54, 1.807) is 0 Å². The summed E-state index contributed by atoms with van der Waals surface area (Å²) in [5, 5.41) is 22.9. The number of anilines is 1. The van der Waals surface area contributed by atoms with Gasteiger partial charge in [-0.1, -0.05) is 43.7 Å². The summed E-state index contributed by atoms with van der Waals surface area (Å²) in [5.74, 6) is -1.10. The van der Waals surface area contributed by atoms with Crippen molar-refractivity contribution < 1.29 is 23.8 Å². The summed E-state index contributed by atoms with van der Waals surface area (Å²) < 4.78 is 20.6. The van der Waals surface area contributed by atoms with E-state index in [1.807, 2.05) is 42.2 Å². The molecule has 11 heteroatoms. The van der Waals surface area contributed by atoms with Gasteiger partial charge < -0.3 is 25.9 Å². The minimum Gasteiger partial charge on any atom is -0.466 e. The number of hydrogen-bond donors (Lipinski definition) is 4. The van der Waals surface area contributed by atoms with Crippen molar-refractivity contribution in [3.63, 3.8) is 0 Å². The second-order valence-corrected chi connectivity index (χ2v) is 9.17. The van der Waals surface area contributed by atoms with Crippen LogP contribution in [0.5, 0.6) is 5.75 Å². The molecule has 1 unspecified atom stereocenters. The SMILES string of the molecule is CCCC(=N)CCN1CCN(C(=O)O)C(Oc2ccc(NC(=S)NC(=O)Cc3ccccc3)cc2F)C1. The predicted octanol–water partition coefficient (Wildman–Crippen LogP) is 4.09. The van der Waals surface area contributed by atoms with E-state index in [0.29, 0.717) is 30.9 Å². The molecule has 0 spiro atoms. The number of nitrogens with zero attached hydrogens (tertiary/aromatic N) is 2. The number of benzene rings is 2. The van der Waals surface area contributed by atoms with Crippen LogP contribution in [0.25, 0.3) is 0 Å². The van der Waals surface area contributed by atoms with E-state index >= 15 is 0 Å². The zero-order valence-electron chi connectivity index (χ0n) is 20.7. The van der Waals surface area contributed by atoms with Crippen LogP contribution in [-0.2, 0) is 11.2 Å². The molecule has 2 aromatic carbocycles. The van der Waals surface area contributed by atoms with Crippen molar-refractivity contribution >= 4 is 40.7 Å². The van der Waals surface area contributed by atoms with E-state index < -0.39 is 18.1 Å². The van der Waals surface area contributed by atoms with Crippen molar-refractivity contribution in [1.82, 2.24) is 15.1 Å². The Balaban J connectivity index is 1.57. The lowest BCUT2D eigenvalue weighted by Crippen LogP contribution is -2.57. The molecular formula is C26H32FN5O4S. The van der Waals surface area contributed by atoms with E-state index in [0.717, 1.165) is 23.3 Å². The average molecular weight is 530 g/mol. The van der Waals surface area contributed by atoms with Gasteiger partial charge >= 0.3 is 6.09 Å². The largest absolute Gasteiger partial charge is 0.466 e. The Bertz CT molecular complexity index is 1120. The third kappa shape index (κ3) is 8.80. The van der Waals surface area contributed by atoms with E-state index in [9.17, 15) is 19.1 Å². The second-order valence-electron chi connectivity index (χ2n) is 8.76. The minimum absolute atomic E-state index is 0.0302. The van der Waals surface area contributed by atoms with E-state index in [2.05, 4.69) is 10.6 Å². The van der Waals surface area contributed by atoms with Crippen LogP contribution in [0.3, 0.4) is 0 Å². The molecule has 1 aliphatic heterocycles. The lowest BCUT2D eigenvalue weighted by molar-refractivity contribution is -0.119. The predicted molar refractivity (Wildman–Crippen MR) is 144 cm³/mol. The van der Waals surface area contributed by atoms with Crippen LogP contribution in [0.15, 0.2) is 48.5 Å². The number of carbonyl (C=O) groups excluding carboxylic acids is 1. The van der Waals surface area contributed by atoms with Crippen LogP contribution in [0.1, 0.15) is 31.7 Å². The molecular weight excluding hydrogens is 497 g/mol. The van der Waals surface area contributed by atoms with Gasteiger partial charge in [0.25, 0.3) is 0 Å². The highest BCUT2D eigenvalue weighted by atomic mass is 32.1. The van der Waals surface area contributed by atoms with E-state index in [1.165, 1.54) is 18.2 Å². The van der Waals surface area contributed by atoms with Gasteiger partial charge in [-0.3, -0.25) is 14.6 Å². The average Bonchev–Trinajstić information content (AvgIpc) is 2.85. The first-order chi connectivity index (χ1) is 17.7. The summed E-state index contributed by atoms with van der Waals surface area (Å²) >= 11 is 5.16. The number of amides is 2. The van der Waals surface area contributed by atoms with Crippen LogP contribution >= 0.6 is 12.2 Å². The van der Waals surface area contributed by atoms with E-state index in [-0.39, 0.29) is 36.3 Å². The molecule has 4 N–H and O–H groups in total. The number of rotatable bonds is 10. The fraction of sp³-hybridized carbons (Fsp3) is 0.385. The molecule has 0 bridgehead atoms. The molecule has 1 heterocycles. The molecule has 0 radical (unpaired) electrons. The smallest absolute Gasteiger partial charge is 0.410 e. The van der Waals surface area contributed by atoms with Crippen LogP contribution in [-0.4, -0.2) is 70.1 Å². The Hall–Kier alpha value is -3.57. The molecule has 1 fully saturated rings. The monoisotopic (exact) mass is 529 g/mol. The highest BCUT2D eigenvalue weighted by Gasteiger charge is 2.32. The van der Waals surface area contributed by atoms with Gasteiger partial charge in [0.05, 0.1) is 13.0 Å². The van der Waals surface area contributed by atoms with Crippen molar-refractivity contribution in [3.05, 3.63) is 59.9 Å². The standard InChI is InChI=1S/C26H32FN5O4S/c1-2-6-19(28)11-12-31-13-14-32(26(34)35)24(17-31)36-22-10-9-20(16-21(22)27)29-25(37)30-23(33)15-18-7-4-3-5-8-18/h3-5,7-10,16,24,28H,2,6,11-15,17H2,1H3,(H,34,35)(H2,29,30,33,37). The molecule has 0 aromatic heterocycles. The first-order valence-electron chi connectivity index (χ1n) is 12.1. The number of carbonyl (C=O) groups is 2. The highest BCUT2D eigenvalue weighted by molar-refractivity contribution is 7.80. The molecule has 3 rings (SSSR count). The van der Waals surface area contributed by atoms with Crippen LogP contribution in [0.2, 0.25) is 0 Å². The number of halogens is 1. The van der Waals surface area contributed by atoms with Crippen molar-refractivity contribution in [1.29, 1.82) is 5.41 Å². The Morgan fingerprint density at radius 1 is 1.19 bits per heavy atom. The third-order valence-electron chi connectivity index (χ3n) is 5.86. The normalized spacial score (nSPS) is 15.6. The third-order valence-corrected chi connectivity index (χ3v) is 6.06. The van der Waals surface area contributed by atoms with E-state index in [4.69, 9.17) is 22.4 Å². The minimum atomic E-state index is -1.14. The number of piperazine rings is 1. The van der Waals surface area contributed by atoms with Gasteiger partial charge in [-0.25, -0.2) is 9.18 Å². The fourth-order valence-corrected chi connectivity index (χ4v) is 4.21. The Kier molecular flexibility index (Phi) is 10.3. The Morgan fingerprint density at radius 3 is 2.62 bits per heavy atom. The molecule has 9 nitrogen and oxygen atoms in total. The van der Waals surface area contributed by atoms with Crippen LogP contribution in [0.4, 0.5) is 14.9 Å². The van der Waals surface area contributed by atoms with Crippen molar-refractivity contribution in [2.75, 3.05) is 31.5 Å². The summed E-state index contributed by atoms with van der Waals surface area (Å²) in [5.41, 5.74) is 1.81. The van der Waals surface area contributed by atoms with Gasteiger partial charge in [0.2, 0.25) is 5.91 Å². The zero-order chi connectivity index (χ0) is 26.8. The van der Waals surface area contributed by atoms with Gasteiger partial charge in [0.1, 0.15) is 0 Å². The summed E-state index contributed by atoms with van der Waals surface area (Å²) in [6.45, 7) is 3.65. The summed E-state index contributed by atoms with van der Waals surface area (Å²) in [4.78, 5) is 27.1. The molecule has 2 aromatic rings. The quantitative estimate of drug-likeness (QED) is 0.270. The molecule has 2 amide bonds. The maximum absolute atomic E-state index is 14.9. The molecule has 1 aliphatic rings. The molecule has 1 atom stereocenters. The second kappa shape index (κ2) is 13.7. The molecule has 0 aliphatic carbocycles. The molecule has 1 saturated heterocycles. The van der Waals surface area contributed by atoms with Gasteiger partial charge in [-0.2, -0.15) is 0 Å². The van der Waals surface area contributed by atoms with Gasteiger partial charge in [0.15, 0.2) is 22.9 Å². The maximum Gasteiger partial charge on any atom is 0.410 e. The van der Waals surface area contributed by atoms with Crippen LogP contribution in [0, 0.1) is 11.2 Å². The molecule has 0 saturated carbocycles. The van der Waals surface area contributed by atoms with Crippen molar-refractivity contribution in [2.24, 2.45) is 0 Å². The number of ether oxygens (including phenoxy) is 1. The summed E-state index contributed by atoms with van der Waals surface area (Å²) in [6.07, 6.45) is 0.371. The Labute approximate surface area is 221 Å². The number of thiocarbonyl (C=S) groups is 1. The van der Waals surface area contributed by atoms with Crippen molar-refractivity contribution in [2.45, 2.75) is 38.8 Å².